The molecule has 3 rings (SSSR count). The Balaban J connectivity index is 1.75. The molecular formula is C14H23N3OS. The van der Waals surface area contributed by atoms with E-state index in [1.165, 1.54) is 31.4 Å². The molecule has 5 heteroatoms. The van der Waals surface area contributed by atoms with E-state index in [1.807, 2.05) is 24.3 Å². The standard InChI is InChI=1S/C14H23N3OS/c1-19-14(4-2-3-5-14)10-17-11-16-8-12(17)13-9-15-6-7-18-13/h8,11,13,15H,2-7,9-10H2,1H3. The Morgan fingerprint density at radius 1 is 1.53 bits per heavy atom. The highest BCUT2D eigenvalue weighted by atomic mass is 32.2. The van der Waals surface area contributed by atoms with E-state index in [0.717, 1.165) is 26.2 Å². The lowest BCUT2D eigenvalue weighted by molar-refractivity contribution is 0.0225. The summed E-state index contributed by atoms with van der Waals surface area (Å²) in [6.45, 7) is 3.73. The van der Waals surface area contributed by atoms with Crippen LogP contribution in [-0.4, -0.2) is 40.3 Å². The molecule has 2 heterocycles. The van der Waals surface area contributed by atoms with E-state index in [2.05, 4.69) is 21.1 Å². The third kappa shape index (κ3) is 2.83. The van der Waals surface area contributed by atoms with Gasteiger partial charge >= 0.3 is 0 Å². The molecule has 1 unspecified atom stereocenters. The van der Waals surface area contributed by atoms with E-state index < -0.39 is 0 Å². The van der Waals surface area contributed by atoms with Gasteiger partial charge in [0.25, 0.3) is 0 Å². The van der Waals surface area contributed by atoms with Crippen molar-refractivity contribution in [3.8, 4) is 0 Å². The second kappa shape index (κ2) is 5.85. The number of morpholine rings is 1. The summed E-state index contributed by atoms with van der Waals surface area (Å²) in [6.07, 6.45) is 11.8. The summed E-state index contributed by atoms with van der Waals surface area (Å²) in [5.74, 6) is 0. The summed E-state index contributed by atoms with van der Waals surface area (Å²) < 4.78 is 8.60. The average molecular weight is 281 g/mol. The number of hydrogen-bond donors (Lipinski definition) is 1. The molecule has 0 amide bonds. The minimum Gasteiger partial charge on any atom is -0.369 e. The SMILES string of the molecule is CSC1(Cn2cncc2C2CNCCO2)CCCC1. The lowest BCUT2D eigenvalue weighted by Crippen LogP contribution is -2.35. The number of hydrogen-bond acceptors (Lipinski definition) is 4. The maximum Gasteiger partial charge on any atom is 0.111 e. The number of nitrogens with one attached hydrogen (secondary N) is 1. The zero-order chi connectivity index (χ0) is 13.1. The van der Waals surface area contributed by atoms with Gasteiger partial charge < -0.3 is 14.6 Å². The average Bonchev–Trinajstić information content (AvgIpc) is 3.10. The van der Waals surface area contributed by atoms with Gasteiger partial charge in [-0.25, -0.2) is 4.98 Å². The molecule has 4 nitrogen and oxygen atoms in total. The van der Waals surface area contributed by atoms with Crippen molar-refractivity contribution in [1.29, 1.82) is 0 Å². The third-order valence-corrected chi connectivity index (χ3v) is 5.81. The van der Waals surface area contributed by atoms with E-state index >= 15 is 0 Å². The Labute approximate surface area is 119 Å². The summed E-state index contributed by atoms with van der Waals surface area (Å²) in [5.41, 5.74) is 1.23. The second-order valence-electron chi connectivity index (χ2n) is 5.60. The Hall–Kier alpha value is -0.520. The van der Waals surface area contributed by atoms with Crippen molar-refractivity contribution in [2.45, 2.75) is 43.1 Å². The summed E-state index contributed by atoms with van der Waals surface area (Å²) in [6, 6.07) is 0. The van der Waals surface area contributed by atoms with Crippen molar-refractivity contribution in [3.05, 3.63) is 18.2 Å². The number of aromatic nitrogens is 2. The molecule has 1 N–H and O–H groups in total. The number of nitrogens with zero attached hydrogens (tertiary/aromatic N) is 2. The molecule has 1 saturated carbocycles. The Morgan fingerprint density at radius 3 is 3.05 bits per heavy atom. The molecular weight excluding hydrogens is 258 g/mol. The van der Waals surface area contributed by atoms with Crippen molar-refractivity contribution < 1.29 is 4.74 Å². The maximum atomic E-state index is 5.86. The van der Waals surface area contributed by atoms with E-state index in [1.54, 1.807) is 0 Å². The van der Waals surface area contributed by atoms with Crippen LogP contribution in [0.5, 0.6) is 0 Å². The van der Waals surface area contributed by atoms with E-state index in [0.29, 0.717) is 4.75 Å². The normalized spacial score (nSPS) is 26.7. The third-order valence-electron chi connectivity index (χ3n) is 4.41. The van der Waals surface area contributed by atoms with Crippen molar-refractivity contribution in [3.63, 3.8) is 0 Å². The molecule has 0 spiro atoms. The Morgan fingerprint density at radius 2 is 2.37 bits per heavy atom. The summed E-state index contributed by atoms with van der Waals surface area (Å²) >= 11 is 2.03. The van der Waals surface area contributed by atoms with Gasteiger partial charge in [0.05, 0.1) is 24.8 Å². The monoisotopic (exact) mass is 281 g/mol. The van der Waals surface area contributed by atoms with Crippen molar-refractivity contribution >= 4 is 11.8 Å². The van der Waals surface area contributed by atoms with Crippen LogP contribution >= 0.6 is 11.8 Å². The molecule has 2 fully saturated rings. The molecule has 2 aliphatic rings. The van der Waals surface area contributed by atoms with Crippen LogP contribution in [0, 0.1) is 0 Å². The molecule has 1 saturated heterocycles. The fourth-order valence-corrected chi connectivity index (χ4v) is 4.21. The minimum absolute atomic E-state index is 0.163. The first-order valence-electron chi connectivity index (χ1n) is 7.20. The van der Waals surface area contributed by atoms with Crippen LogP contribution in [0.1, 0.15) is 37.5 Å². The van der Waals surface area contributed by atoms with Gasteiger partial charge in [-0.15, -0.1) is 0 Å². The Bertz CT molecular complexity index is 409. The molecule has 19 heavy (non-hydrogen) atoms. The molecule has 1 aromatic heterocycles. The van der Waals surface area contributed by atoms with Crippen LogP contribution in [0.3, 0.4) is 0 Å². The molecule has 1 aromatic rings. The lowest BCUT2D eigenvalue weighted by Gasteiger charge is -2.30. The highest BCUT2D eigenvalue weighted by molar-refractivity contribution is 8.00. The highest BCUT2D eigenvalue weighted by Crippen LogP contribution is 2.42. The van der Waals surface area contributed by atoms with Crippen LogP contribution in [0.25, 0.3) is 0 Å². The zero-order valence-corrected chi connectivity index (χ0v) is 12.4. The zero-order valence-electron chi connectivity index (χ0n) is 11.6. The molecule has 0 radical (unpaired) electrons. The van der Waals surface area contributed by atoms with Crippen molar-refractivity contribution in [2.24, 2.45) is 0 Å². The fraction of sp³-hybridized carbons (Fsp3) is 0.786. The van der Waals surface area contributed by atoms with Gasteiger partial charge in [0.15, 0.2) is 0 Å². The molecule has 1 aliphatic heterocycles. The number of rotatable bonds is 4. The maximum absolute atomic E-state index is 5.86. The first kappa shape index (κ1) is 13.5. The predicted octanol–water partition coefficient (Wildman–Crippen LogP) is 2.22. The number of thioether (sulfide) groups is 1. The first-order chi connectivity index (χ1) is 9.33. The van der Waals surface area contributed by atoms with Gasteiger partial charge in [0.2, 0.25) is 0 Å². The Kier molecular flexibility index (Phi) is 4.15. The largest absolute Gasteiger partial charge is 0.369 e. The van der Waals surface area contributed by atoms with Crippen molar-refractivity contribution in [1.82, 2.24) is 14.9 Å². The molecule has 106 valence electrons. The van der Waals surface area contributed by atoms with Gasteiger partial charge in [0.1, 0.15) is 6.10 Å². The fourth-order valence-electron chi connectivity index (χ4n) is 3.24. The molecule has 1 atom stereocenters. The predicted molar refractivity (Wildman–Crippen MR) is 78.5 cm³/mol. The van der Waals surface area contributed by atoms with Gasteiger partial charge in [-0.2, -0.15) is 11.8 Å². The van der Waals surface area contributed by atoms with Gasteiger partial charge in [0, 0.05) is 24.4 Å². The van der Waals surface area contributed by atoms with E-state index in [4.69, 9.17) is 4.74 Å². The summed E-state index contributed by atoms with van der Waals surface area (Å²) in [5, 5.41) is 3.40. The van der Waals surface area contributed by atoms with Crippen LogP contribution in [0.2, 0.25) is 0 Å². The quantitative estimate of drug-likeness (QED) is 0.918. The van der Waals surface area contributed by atoms with Gasteiger partial charge in [-0.1, -0.05) is 12.8 Å². The second-order valence-corrected chi connectivity index (χ2v) is 6.88. The van der Waals surface area contributed by atoms with E-state index in [-0.39, 0.29) is 6.10 Å². The van der Waals surface area contributed by atoms with Crippen LogP contribution < -0.4 is 5.32 Å². The summed E-state index contributed by atoms with van der Waals surface area (Å²) in [4.78, 5) is 4.35. The highest BCUT2D eigenvalue weighted by Gasteiger charge is 2.34. The van der Waals surface area contributed by atoms with Crippen LogP contribution in [0.4, 0.5) is 0 Å². The molecule has 0 aromatic carbocycles. The minimum atomic E-state index is 0.163. The number of ether oxygens (including phenoxy) is 1. The topological polar surface area (TPSA) is 39.1 Å². The molecule has 1 aliphatic carbocycles. The van der Waals surface area contributed by atoms with Gasteiger partial charge in [-0.3, -0.25) is 0 Å². The molecule has 0 bridgehead atoms. The lowest BCUT2D eigenvalue weighted by atomic mass is 10.1. The number of imidazole rings is 1. The summed E-state index contributed by atoms with van der Waals surface area (Å²) in [7, 11) is 0. The van der Waals surface area contributed by atoms with Crippen LogP contribution in [0.15, 0.2) is 12.5 Å². The smallest absolute Gasteiger partial charge is 0.111 e. The van der Waals surface area contributed by atoms with Crippen molar-refractivity contribution in [2.75, 3.05) is 26.0 Å². The van der Waals surface area contributed by atoms with Gasteiger partial charge in [-0.05, 0) is 19.1 Å². The van der Waals surface area contributed by atoms with E-state index in [9.17, 15) is 0 Å². The van der Waals surface area contributed by atoms with Crippen LogP contribution in [-0.2, 0) is 11.3 Å². The first-order valence-corrected chi connectivity index (χ1v) is 8.43.